The van der Waals surface area contributed by atoms with Crippen LogP contribution in [0.25, 0.3) is 0 Å². The third-order valence-electron chi connectivity index (χ3n) is 3.70. The predicted octanol–water partition coefficient (Wildman–Crippen LogP) is 4.70. The molecule has 0 aromatic heterocycles. The Morgan fingerprint density at radius 3 is 2.61 bits per heavy atom. The fraction of sp³-hybridized carbons (Fsp3) is 0.316. The van der Waals surface area contributed by atoms with Gasteiger partial charge in [-0.2, -0.15) is 0 Å². The summed E-state index contributed by atoms with van der Waals surface area (Å²) in [6, 6.07) is 12.3. The first-order valence-corrected chi connectivity index (χ1v) is 7.86. The van der Waals surface area contributed by atoms with Gasteiger partial charge in [0.15, 0.2) is 0 Å². The van der Waals surface area contributed by atoms with E-state index in [1.807, 2.05) is 25.1 Å². The fourth-order valence-corrected chi connectivity index (χ4v) is 2.46. The number of rotatable bonds is 6. The van der Waals surface area contributed by atoms with E-state index in [1.165, 1.54) is 12.1 Å². The van der Waals surface area contributed by atoms with Crippen LogP contribution in [-0.4, -0.2) is 12.5 Å². The van der Waals surface area contributed by atoms with Crippen LogP contribution in [0.4, 0.5) is 15.8 Å². The van der Waals surface area contributed by atoms with Crippen LogP contribution in [0.1, 0.15) is 37.3 Å². The molecular weight excluding hydrogens is 291 g/mol. The average molecular weight is 314 g/mol. The molecule has 2 rings (SSSR count). The summed E-state index contributed by atoms with van der Waals surface area (Å²) in [6.07, 6.45) is 0.322. The average Bonchev–Trinajstić information content (AvgIpc) is 2.49. The predicted molar refractivity (Wildman–Crippen MR) is 93.4 cm³/mol. The summed E-state index contributed by atoms with van der Waals surface area (Å²) in [5.74, 6) is 0.00154. The van der Waals surface area contributed by atoms with Gasteiger partial charge in [0.25, 0.3) is 0 Å². The van der Waals surface area contributed by atoms with Crippen LogP contribution in [-0.2, 0) is 4.79 Å². The summed E-state index contributed by atoms with van der Waals surface area (Å²) >= 11 is 0. The van der Waals surface area contributed by atoms with Crippen LogP contribution in [0, 0.1) is 12.7 Å². The standard InChI is InChI=1S/C19H23FN2O/c1-13(2)17-9-4-6-14(3)19(17)22-18(23)10-11-21-16-8-5-7-15(20)12-16/h4-9,12-13,21H,10-11H2,1-3H3,(H,22,23). The highest BCUT2D eigenvalue weighted by molar-refractivity contribution is 5.92. The Morgan fingerprint density at radius 2 is 1.91 bits per heavy atom. The lowest BCUT2D eigenvalue weighted by Gasteiger charge is -2.16. The molecule has 0 fully saturated rings. The van der Waals surface area contributed by atoms with E-state index in [2.05, 4.69) is 24.5 Å². The Bertz CT molecular complexity index is 683. The van der Waals surface area contributed by atoms with Gasteiger partial charge in [-0.05, 0) is 42.2 Å². The molecule has 3 nitrogen and oxygen atoms in total. The van der Waals surface area contributed by atoms with E-state index < -0.39 is 0 Å². The number of halogens is 1. The van der Waals surface area contributed by atoms with Crippen LogP contribution in [0.5, 0.6) is 0 Å². The maximum absolute atomic E-state index is 13.1. The van der Waals surface area contributed by atoms with E-state index in [1.54, 1.807) is 12.1 Å². The van der Waals surface area contributed by atoms with Crippen molar-refractivity contribution in [2.75, 3.05) is 17.2 Å². The van der Waals surface area contributed by atoms with E-state index in [4.69, 9.17) is 0 Å². The smallest absolute Gasteiger partial charge is 0.226 e. The topological polar surface area (TPSA) is 41.1 Å². The van der Waals surface area contributed by atoms with Crippen molar-refractivity contribution in [1.82, 2.24) is 0 Å². The van der Waals surface area contributed by atoms with E-state index >= 15 is 0 Å². The number of hydrogen-bond donors (Lipinski definition) is 2. The molecule has 0 saturated carbocycles. The van der Waals surface area contributed by atoms with Crippen molar-refractivity contribution < 1.29 is 9.18 Å². The van der Waals surface area contributed by atoms with Gasteiger partial charge in [-0.1, -0.05) is 38.1 Å². The van der Waals surface area contributed by atoms with Crippen molar-refractivity contribution in [3.05, 3.63) is 59.4 Å². The number of hydrogen-bond acceptors (Lipinski definition) is 2. The van der Waals surface area contributed by atoms with Gasteiger partial charge < -0.3 is 10.6 Å². The lowest BCUT2D eigenvalue weighted by atomic mass is 9.98. The largest absolute Gasteiger partial charge is 0.384 e. The number of carbonyl (C=O) groups excluding carboxylic acids is 1. The van der Waals surface area contributed by atoms with Crippen LogP contribution < -0.4 is 10.6 Å². The molecule has 0 heterocycles. The van der Waals surface area contributed by atoms with Crippen LogP contribution in [0.2, 0.25) is 0 Å². The molecule has 0 aliphatic heterocycles. The minimum atomic E-state index is -0.291. The lowest BCUT2D eigenvalue weighted by molar-refractivity contribution is -0.115. The molecular formula is C19H23FN2O. The summed E-state index contributed by atoms with van der Waals surface area (Å²) in [5, 5.41) is 6.06. The molecule has 0 spiro atoms. The highest BCUT2D eigenvalue weighted by Crippen LogP contribution is 2.27. The zero-order valence-corrected chi connectivity index (χ0v) is 13.8. The van der Waals surface area contributed by atoms with Crippen LogP contribution in [0.3, 0.4) is 0 Å². The molecule has 2 aromatic rings. The maximum Gasteiger partial charge on any atom is 0.226 e. The first-order valence-electron chi connectivity index (χ1n) is 7.86. The molecule has 0 aliphatic carbocycles. The normalized spacial score (nSPS) is 10.7. The molecule has 0 unspecified atom stereocenters. The summed E-state index contributed by atoms with van der Waals surface area (Å²) < 4.78 is 13.1. The van der Waals surface area contributed by atoms with E-state index in [0.29, 0.717) is 24.6 Å². The number of carbonyl (C=O) groups is 1. The second kappa shape index (κ2) is 7.77. The second-order valence-electron chi connectivity index (χ2n) is 5.93. The molecule has 0 saturated heterocycles. The lowest BCUT2D eigenvalue weighted by Crippen LogP contribution is -2.18. The molecule has 1 amide bonds. The van der Waals surface area contributed by atoms with Crippen LogP contribution >= 0.6 is 0 Å². The zero-order chi connectivity index (χ0) is 16.8. The quantitative estimate of drug-likeness (QED) is 0.811. The molecule has 2 aromatic carbocycles. The number of nitrogens with one attached hydrogen (secondary N) is 2. The van der Waals surface area contributed by atoms with Gasteiger partial charge in [0.1, 0.15) is 5.82 Å². The molecule has 0 radical (unpaired) electrons. The number of para-hydroxylation sites is 1. The van der Waals surface area contributed by atoms with Gasteiger partial charge in [0, 0.05) is 24.3 Å². The van der Waals surface area contributed by atoms with Crippen molar-refractivity contribution in [3.8, 4) is 0 Å². The van der Waals surface area contributed by atoms with Crippen LogP contribution in [0.15, 0.2) is 42.5 Å². The number of aryl methyl sites for hydroxylation is 1. The first kappa shape index (κ1) is 17.0. The Balaban J connectivity index is 1.93. The van der Waals surface area contributed by atoms with Crippen molar-refractivity contribution >= 4 is 17.3 Å². The molecule has 2 N–H and O–H groups in total. The Morgan fingerprint density at radius 1 is 1.17 bits per heavy atom. The van der Waals surface area contributed by atoms with E-state index in [0.717, 1.165) is 16.8 Å². The van der Waals surface area contributed by atoms with Gasteiger partial charge in [-0.15, -0.1) is 0 Å². The van der Waals surface area contributed by atoms with Gasteiger partial charge in [-0.25, -0.2) is 4.39 Å². The summed E-state index contributed by atoms with van der Waals surface area (Å²) in [5.41, 5.74) is 3.77. The van der Waals surface area contributed by atoms with Crippen molar-refractivity contribution in [3.63, 3.8) is 0 Å². The molecule has 4 heteroatoms. The number of amides is 1. The maximum atomic E-state index is 13.1. The second-order valence-corrected chi connectivity index (χ2v) is 5.93. The third kappa shape index (κ3) is 4.81. The monoisotopic (exact) mass is 314 g/mol. The van der Waals surface area contributed by atoms with Crippen molar-refractivity contribution in [2.24, 2.45) is 0 Å². The Kier molecular flexibility index (Phi) is 5.74. The zero-order valence-electron chi connectivity index (χ0n) is 13.8. The number of anilines is 2. The summed E-state index contributed by atoms with van der Waals surface area (Å²) in [4.78, 5) is 12.2. The molecule has 122 valence electrons. The molecule has 23 heavy (non-hydrogen) atoms. The number of benzene rings is 2. The minimum Gasteiger partial charge on any atom is -0.384 e. The van der Waals surface area contributed by atoms with Crippen molar-refractivity contribution in [1.29, 1.82) is 0 Å². The fourth-order valence-electron chi connectivity index (χ4n) is 2.46. The molecule has 0 atom stereocenters. The Labute approximate surface area is 136 Å². The highest BCUT2D eigenvalue weighted by Gasteiger charge is 2.11. The van der Waals surface area contributed by atoms with Gasteiger partial charge in [-0.3, -0.25) is 4.79 Å². The Hall–Kier alpha value is -2.36. The van der Waals surface area contributed by atoms with Gasteiger partial charge >= 0.3 is 0 Å². The van der Waals surface area contributed by atoms with Gasteiger partial charge in [0.2, 0.25) is 5.91 Å². The highest BCUT2D eigenvalue weighted by atomic mass is 19.1. The minimum absolute atomic E-state index is 0.0508. The summed E-state index contributed by atoms with van der Waals surface area (Å²) in [6.45, 7) is 6.66. The summed E-state index contributed by atoms with van der Waals surface area (Å²) in [7, 11) is 0. The molecule has 0 bridgehead atoms. The third-order valence-corrected chi connectivity index (χ3v) is 3.70. The van der Waals surface area contributed by atoms with Crippen molar-refractivity contribution in [2.45, 2.75) is 33.1 Å². The first-order chi connectivity index (χ1) is 11.0. The van der Waals surface area contributed by atoms with E-state index in [9.17, 15) is 9.18 Å². The van der Waals surface area contributed by atoms with Gasteiger partial charge in [0.05, 0.1) is 0 Å². The van der Waals surface area contributed by atoms with E-state index in [-0.39, 0.29) is 11.7 Å². The molecule has 0 aliphatic rings. The SMILES string of the molecule is Cc1cccc(C(C)C)c1NC(=O)CCNc1cccc(F)c1.